The van der Waals surface area contributed by atoms with E-state index in [1.54, 1.807) is 0 Å². The van der Waals surface area contributed by atoms with Crippen LogP contribution in [0.1, 0.15) is 6.92 Å². The van der Waals surface area contributed by atoms with Crippen LogP contribution in [0.4, 0.5) is 4.79 Å². The second-order valence-electron chi connectivity index (χ2n) is 2.26. The van der Waals surface area contributed by atoms with Crippen LogP contribution in [0.25, 0.3) is 0 Å². The van der Waals surface area contributed by atoms with Crippen molar-refractivity contribution in [3.63, 3.8) is 0 Å². The van der Waals surface area contributed by atoms with Crippen molar-refractivity contribution in [2.24, 2.45) is 0 Å². The van der Waals surface area contributed by atoms with Gasteiger partial charge in [-0.05, 0) is 6.92 Å². The largest absolute Gasteiger partial charge is 0.467 e. The Kier molecular flexibility index (Phi) is 4.64. The number of rotatable bonds is 3. The molecule has 2 amide bonds. The highest BCUT2D eigenvalue weighted by atomic mass is 35.7. The molecule has 0 aliphatic heterocycles. The monoisotopic (exact) mass is 244 g/mol. The number of hydrogen-bond acceptors (Lipinski definition) is 5. The Morgan fingerprint density at radius 1 is 1.43 bits per heavy atom. The Hall–Kier alpha value is -1.02. The van der Waals surface area contributed by atoms with E-state index in [1.807, 2.05) is 5.32 Å². The number of carbonyl (C=O) groups is 2. The molecule has 2 N–H and O–H groups in total. The van der Waals surface area contributed by atoms with Crippen LogP contribution in [0.3, 0.4) is 0 Å². The first kappa shape index (κ1) is 13.0. The Bertz CT molecular complexity index is 327. The zero-order valence-corrected chi connectivity index (χ0v) is 8.98. The lowest BCUT2D eigenvalue weighted by Crippen LogP contribution is -2.45. The highest BCUT2D eigenvalue weighted by Crippen LogP contribution is 1.90. The number of ether oxygens (including phenoxy) is 1. The van der Waals surface area contributed by atoms with Crippen molar-refractivity contribution in [3.05, 3.63) is 0 Å². The number of esters is 1. The van der Waals surface area contributed by atoms with Crippen LogP contribution >= 0.6 is 10.7 Å². The lowest BCUT2D eigenvalue weighted by molar-refractivity contribution is -0.142. The summed E-state index contributed by atoms with van der Waals surface area (Å²) in [5, 5.41) is 2.00. The maximum Gasteiger partial charge on any atom is 0.330 e. The Labute approximate surface area is 85.3 Å². The molecule has 0 bridgehead atoms. The van der Waals surface area contributed by atoms with Crippen molar-refractivity contribution < 1.29 is 22.7 Å². The quantitative estimate of drug-likeness (QED) is 0.506. The molecule has 0 aromatic heterocycles. The van der Waals surface area contributed by atoms with Gasteiger partial charge in [0.25, 0.3) is 0 Å². The molecule has 0 aromatic carbocycles. The van der Waals surface area contributed by atoms with E-state index >= 15 is 0 Å². The van der Waals surface area contributed by atoms with E-state index in [9.17, 15) is 18.0 Å². The van der Waals surface area contributed by atoms with Crippen molar-refractivity contribution in [2.45, 2.75) is 13.0 Å². The standard InChI is InChI=1S/C5H9ClN2O5S/c1-3(4(9)13-2)7-5(10)8-14(6,11)12/h3H,1-2H3,(H2,7,8,10)/t3-/m0/s1. The number of amides is 2. The van der Waals surface area contributed by atoms with Crippen molar-refractivity contribution >= 4 is 31.9 Å². The summed E-state index contributed by atoms with van der Waals surface area (Å²) >= 11 is 0. The van der Waals surface area contributed by atoms with Gasteiger partial charge < -0.3 is 10.1 Å². The highest BCUT2D eigenvalue weighted by molar-refractivity contribution is 8.12. The molecule has 0 saturated heterocycles. The van der Waals surface area contributed by atoms with Crippen LogP contribution in [0, 0.1) is 0 Å². The normalized spacial score (nSPS) is 12.8. The zero-order chi connectivity index (χ0) is 11.4. The van der Waals surface area contributed by atoms with Gasteiger partial charge in [0, 0.05) is 10.7 Å². The summed E-state index contributed by atoms with van der Waals surface area (Å²) in [6, 6.07) is -2.06. The van der Waals surface area contributed by atoms with E-state index in [4.69, 9.17) is 10.7 Å². The summed E-state index contributed by atoms with van der Waals surface area (Å²) in [4.78, 5) is 21.6. The molecular weight excluding hydrogens is 236 g/mol. The first-order valence-corrected chi connectivity index (χ1v) is 5.68. The van der Waals surface area contributed by atoms with Gasteiger partial charge in [0.05, 0.1) is 7.11 Å². The van der Waals surface area contributed by atoms with Crippen LogP contribution in [0.2, 0.25) is 0 Å². The lowest BCUT2D eigenvalue weighted by Gasteiger charge is -2.10. The zero-order valence-electron chi connectivity index (χ0n) is 7.40. The van der Waals surface area contributed by atoms with Gasteiger partial charge in [0.1, 0.15) is 6.04 Å². The second kappa shape index (κ2) is 5.01. The molecule has 0 fully saturated rings. The molecule has 0 radical (unpaired) electrons. The van der Waals surface area contributed by atoms with E-state index in [0.717, 1.165) is 7.11 Å². The number of halogens is 1. The van der Waals surface area contributed by atoms with Crippen LogP contribution in [-0.2, 0) is 18.8 Å². The summed E-state index contributed by atoms with van der Waals surface area (Å²) in [6.45, 7) is 1.33. The minimum Gasteiger partial charge on any atom is -0.467 e. The number of urea groups is 1. The number of hydrogen-bond donors (Lipinski definition) is 2. The molecule has 0 rings (SSSR count). The maximum absolute atomic E-state index is 10.8. The van der Waals surface area contributed by atoms with Gasteiger partial charge in [-0.3, -0.25) is 0 Å². The smallest absolute Gasteiger partial charge is 0.330 e. The van der Waals surface area contributed by atoms with E-state index in [1.165, 1.54) is 11.6 Å². The van der Waals surface area contributed by atoms with E-state index in [2.05, 4.69) is 4.74 Å². The molecule has 9 heteroatoms. The van der Waals surface area contributed by atoms with Gasteiger partial charge in [0.15, 0.2) is 0 Å². The van der Waals surface area contributed by atoms with Crippen molar-refractivity contribution in [3.8, 4) is 0 Å². The van der Waals surface area contributed by atoms with Gasteiger partial charge in [-0.25, -0.2) is 14.3 Å². The summed E-state index contributed by atoms with van der Waals surface area (Å²) in [5.41, 5.74) is 0. The fourth-order valence-corrected chi connectivity index (χ4v) is 1.06. The SMILES string of the molecule is COC(=O)[C@H](C)NC(=O)NS(=O)(=O)Cl. The number of methoxy groups -OCH3 is 1. The first-order chi connectivity index (χ1) is 6.26. The van der Waals surface area contributed by atoms with E-state index < -0.39 is 27.3 Å². The van der Waals surface area contributed by atoms with Crippen LogP contribution in [-0.4, -0.2) is 33.6 Å². The van der Waals surface area contributed by atoms with Crippen LogP contribution < -0.4 is 10.0 Å². The van der Waals surface area contributed by atoms with E-state index in [0.29, 0.717) is 0 Å². The predicted molar refractivity (Wildman–Crippen MR) is 47.9 cm³/mol. The Morgan fingerprint density at radius 2 is 1.93 bits per heavy atom. The molecule has 14 heavy (non-hydrogen) atoms. The molecule has 0 aliphatic carbocycles. The van der Waals surface area contributed by atoms with Crippen LogP contribution in [0.5, 0.6) is 0 Å². The second-order valence-corrected chi connectivity index (χ2v) is 4.56. The summed E-state index contributed by atoms with van der Waals surface area (Å²) in [5.74, 6) is -0.702. The molecule has 0 aliphatic rings. The topological polar surface area (TPSA) is 102 Å². The average Bonchev–Trinajstić information content (AvgIpc) is 1.99. The third-order valence-electron chi connectivity index (χ3n) is 1.12. The molecule has 82 valence electrons. The molecular formula is C5H9ClN2O5S. The van der Waals surface area contributed by atoms with Gasteiger partial charge in [0.2, 0.25) is 0 Å². The molecule has 0 unspecified atom stereocenters. The highest BCUT2D eigenvalue weighted by Gasteiger charge is 2.18. The van der Waals surface area contributed by atoms with Gasteiger partial charge in [-0.1, -0.05) is 0 Å². The number of nitrogens with one attached hydrogen (secondary N) is 2. The first-order valence-electron chi connectivity index (χ1n) is 3.37. The van der Waals surface area contributed by atoms with E-state index in [-0.39, 0.29) is 0 Å². The van der Waals surface area contributed by atoms with Gasteiger partial charge in [-0.2, -0.15) is 8.42 Å². The molecule has 0 heterocycles. The van der Waals surface area contributed by atoms with Gasteiger partial charge in [-0.15, -0.1) is 0 Å². The third kappa shape index (κ3) is 5.60. The minimum absolute atomic E-state index is 0.702. The molecule has 0 spiro atoms. The molecule has 0 saturated carbocycles. The molecule has 7 nitrogen and oxygen atoms in total. The summed E-state index contributed by atoms with van der Waals surface area (Å²) < 4.78 is 26.4. The minimum atomic E-state index is -4.14. The van der Waals surface area contributed by atoms with Crippen molar-refractivity contribution in [1.82, 2.24) is 10.0 Å². The average molecular weight is 245 g/mol. The Morgan fingerprint density at radius 3 is 2.29 bits per heavy atom. The summed E-state index contributed by atoms with van der Waals surface area (Å²) in [6.07, 6.45) is 0. The third-order valence-corrected chi connectivity index (χ3v) is 1.78. The number of carbonyl (C=O) groups excluding carboxylic acids is 2. The predicted octanol–water partition coefficient (Wildman–Crippen LogP) is -0.669. The lowest BCUT2D eigenvalue weighted by atomic mass is 10.3. The van der Waals surface area contributed by atoms with Crippen molar-refractivity contribution in [2.75, 3.05) is 7.11 Å². The maximum atomic E-state index is 10.8. The summed E-state index contributed by atoms with van der Waals surface area (Å²) in [7, 11) is 1.70. The molecule has 1 atom stereocenters. The molecule has 0 aromatic rings. The van der Waals surface area contributed by atoms with Crippen LogP contribution in [0.15, 0.2) is 0 Å². The Balaban J connectivity index is 4.14. The van der Waals surface area contributed by atoms with Gasteiger partial charge >= 0.3 is 21.2 Å². The fraction of sp³-hybridized carbons (Fsp3) is 0.600. The fourth-order valence-electron chi connectivity index (χ4n) is 0.573. The van der Waals surface area contributed by atoms with Crippen molar-refractivity contribution in [1.29, 1.82) is 0 Å².